The highest BCUT2D eigenvalue weighted by molar-refractivity contribution is 6.02. The van der Waals surface area contributed by atoms with Crippen molar-refractivity contribution in [3.63, 3.8) is 0 Å². The standard InChI is InChI=1S/C52H56N6O6/c1-33-6-12-41(49(61)57-24-18-39(19-25-57)37-14-8-35(31-53)9-15-37)29-44(33)55-48(60)43-22-28-64-47(43)52(23-4-3-5-46(52)59)51(63)56-45-30-42(13-7-34(45)2)50(62)58-26-20-40(21-27-58)38-16-10-36(32-54)11-17-38/h6-17,29-30,39-40,43,46-47,59H,3-5,18-28H2,1-2H3,(H,55,60)(H,56,63). The van der Waals surface area contributed by atoms with Crippen LogP contribution in [0.15, 0.2) is 84.9 Å². The van der Waals surface area contributed by atoms with Crippen LogP contribution in [0.1, 0.15) is 124 Å². The molecule has 3 N–H and O–H groups in total. The first-order valence-electron chi connectivity index (χ1n) is 22.7. The molecule has 3 heterocycles. The van der Waals surface area contributed by atoms with E-state index in [1.165, 1.54) is 5.56 Å². The molecule has 4 aliphatic rings. The Kier molecular flexibility index (Phi) is 13.3. The van der Waals surface area contributed by atoms with Crippen molar-refractivity contribution in [3.05, 3.63) is 129 Å². The first kappa shape index (κ1) is 44.3. The van der Waals surface area contributed by atoms with Crippen LogP contribution in [0.4, 0.5) is 11.4 Å². The summed E-state index contributed by atoms with van der Waals surface area (Å²) >= 11 is 0. The maximum Gasteiger partial charge on any atom is 0.253 e. The SMILES string of the molecule is Cc1ccc(C(=O)N2CCC(c3ccc(C#N)cc3)CC2)cc1NC(=O)C1CCOC1C1(C(=O)Nc2cc(C(=O)N3CCC(c4ccc(C#N)cc4)CC3)ccc2C)CCCCC1O. The molecular weight excluding hydrogens is 805 g/mol. The van der Waals surface area contributed by atoms with Crippen molar-refractivity contribution >= 4 is 35.0 Å². The lowest BCUT2D eigenvalue weighted by molar-refractivity contribution is -0.157. The quantitative estimate of drug-likeness (QED) is 0.152. The van der Waals surface area contributed by atoms with Gasteiger partial charge >= 0.3 is 0 Å². The second-order valence-electron chi connectivity index (χ2n) is 18.1. The summed E-state index contributed by atoms with van der Waals surface area (Å²) in [6.07, 6.45) is 3.71. The Labute approximate surface area is 375 Å². The molecule has 4 fully saturated rings. The molecule has 3 aliphatic heterocycles. The van der Waals surface area contributed by atoms with Gasteiger partial charge in [0.2, 0.25) is 11.8 Å². The number of hydrogen-bond acceptors (Lipinski definition) is 8. The topological polar surface area (TPSA) is 176 Å². The van der Waals surface area contributed by atoms with Gasteiger partial charge in [-0.2, -0.15) is 10.5 Å². The van der Waals surface area contributed by atoms with E-state index < -0.39 is 29.4 Å². The van der Waals surface area contributed by atoms with Crippen LogP contribution in [0.2, 0.25) is 0 Å². The van der Waals surface area contributed by atoms with Crippen molar-refractivity contribution < 1.29 is 29.0 Å². The largest absolute Gasteiger partial charge is 0.392 e. The van der Waals surface area contributed by atoms with E-state index in [0.29, 0.717) is 97.3 Å². The normalized spacial score (nSPS) is 22.9. The number of aryl methyl sites for hydroxylation is 2. The lowest BCUT2D eigenvalue weighted by atomic mass is 9.64. The van der Waals surface area contributed by atoms with Crippen molar-refractivity contribution in [2.45, 2.75) is 95.7 Å². The second-order valence-corrected chi connectivity index (χ2v) is 18.1. The zero-order valence-electron chi connectivity index (χ0n) is 36.6. The van der Waals surface area contributed by atoms with Crippen LogP contribution in [-0.4, -0.2) is 83.5 Å². The lowest BCUT2D eigenvalue weighted by Gasteiger charge is -2.45. The number of nitrogens with zero attached hydrogens (tertiary/aromatic N) is 4. The predicted molar refractivity (Wildman–Crippen MR) is 242 cm³/mol. The molecule has 3 saturated heterocycles. The molecule has 4 aromatic rings. The summed E-state index contributed by atoms with van der Waals surface area (Å²) in [6, 6.07) is 30.3. The molecule has 330 valence electrons. The number of carbonyl (C=O) groups is 4. The van der Waals surface area contributed by atoms with Crippen molar-refractivity contribution in [2.24, 2.45) is 11.3 Å². The first-order valence-corrected chi connectivity index (χ1v) is 22.7. The summed E-state index contributed by atoms with van der Waals surface area (Å²) in [7, 11) is 0. The summed E-state index contributed by atoms with van der Waals surface area (Å²) in [5.74, 6) is -1.16. The number of ether oxygens (including phenoxy) is 1. The molecule has 1 aliphatic carbocycles. The Hall–Kier alpha value is -6.34. The van der Waals surface area contributed by atoms with Gasteiger partial charge in [0.15, 0.2) is 0 Å². The minimum Gasteiger partial charge on any atom is -0.392 e. The zero-order chi connectivity index (χ0) is 45.0. The number of anilines is 2. The van der Waals surface area contributed by atoms with E-state index >= 15 is 0 Å². The molecule has 4 aromatic carbocycles. The van der Waals surface area contributed by atoms with E-state index in [1.54, 1.807) is 24.3 Å². The van der Waals surface area contributed by atoms with Gasteiger partial charge in [-0.25, -0.2) is 0 Å². The third-order valence-electron chi connectivity index (χ3n) is 14.3. The average molecular weight is 861 g/mol. The fraction of sp³-hybridized carbons (Fsp3) is 0.423. The van der Waals surface area contributed by atoms with Crippen molar-refractivity contribution in [3.8, 4) is 12.1 Å². The van der Waals surface area contributed by atoms with Crippen molar-refractivity contribution in [1.82, 2.24) is 9.80 Å². The number of likely N-dealkylation sites (tertiary alicyclic amines) is 2. The van der Waals surface area contributed by atoms with Gasteiger partial charge in [0, 0.05) is 55.3 Å². The van der Waals surface area contributed by atoms with E-state index in [-0.39, 0.29) is 24.3 Å². The Balaban J connectivity index is 0.937. The summed E-state index contributed by atoms with van der Waals surface area (Å²) < 4.78 is 6.31. The monoisotopic (exact) mass is 860 g/mol. The Morgan fingerprint density at radius 1 is 0.656 bits per heavy atom. The number of aliphatic hydroxyl groups excluding tert-OH is 1. The number of aliphatic hydroxyl groups is 1. The lowest BCUT2D eigenvalue weighted by Crippen LogP contribution is -2.58. The van der Waals surface area contributed by atoms with E-state index in [0.717, 1.165) is 48.8 Å². The number of nitriles is 2. The van der Waals surface area contributed by atoms with Gasteiger partial charge in [-0.3, -0.25) is 19.2 Å². The highest BCUT2D eigenvalue weighted by Crippen LogP contribution is 2.48. The fourth-order valence-electron chi connectivity index (χ4n) is 10.4. The van der Waals surface area contributed by atoms with Crippen LogP contribution in [-0.2, 0) is 14.3 Å². The highest BCUT2D eigenvalue weighted by atomic mass is 16.5. The van der Waals surface area contributed by atoms with Crippen molar-refractivity contribution in [1.29, 1.82) is 10.5 Å². The van der Waals surface area contributed by atoms with Gasteiger partial charge in [-0.1, -0.05) is 49.2 Å². The molecule has 1 saturated carbocycles. The van der Waals surface area contributed by atoms with Crippen LogP contribution >= 0.6 is 0 Å². The maximum absolute atomic E-state index is 14.8. The predicted octanol–water partition coefficient (Wildman–Crippen LogP) is 7.99. The minimum absolute atomic E-state index is 0.109. The van der Waals surface area contributed by atoms with E-state index in [4.69, 9.17) is 10.00 Å². The molecule has 0 aromatic heterocycles. The molecule has 4 amide bonds. The van der Waals surface area contributed by atoms with Gasteiger partial charge in [0.1, 0.15) is 5.41 Å². The summed E-state index contributed by atoms with van der Waals surface area (Å²) in [4.78, 5) is 60.4. The minimum atomic E-state index is -1.42. The first-order chi connectivity index (χ1) is 31.0. The molecule has 64 heavy (non-hydrogen) atoms. The molecular formula is C52H56N6O6. The van der Waals surface area contributed by atoms with Gasteiger partial charge in [-0.15, -0.1) is 0 Å². The summed E-state index contributed by atoms with van der Waals surface area (Å²) in [5, 5.41) is 36.3. The molecule has 0 bridgehead atoms. The van der Waals surface area contributed by atoms with Crippen molar-refractivity contribution in [2.75, 3.05) is 43.4 Å². The summed E-state index contributed by atoms with van der Waals surface area (Å²) in [6.45, 7) is 6.32. The number of benzene rings is 4. The molecule has 0 spiro atoms. The average Bonchev–Trinajstić information content (AvgIpc) is 3.84. The van der Waals surface area contributed by atoms with Crippen LogP contribution in [0, 0.1) is 47.8 Å². The highest BCUT2D eigenvalue weighted by Gasteiger charge is 2.58. The molecule has 8 rings (SSSR count). The molecule has 4 unspecified atom stereocenters. The van der Waals surface area contributed by atoms with E-state index in [2.05, 4.69) is 22.8 Å². The Morgan fingerprint density at radius 2 is 1.14 bits per heavy atom. The number of rotatable bonds is 9. The number of piperidine rings is 2. The number of carbonyl (C=O) groups excluding carboxylic acids is 4. The van der Waals surface area contributed by atoms with E-state index in [1.807, 2.05) is 84.3 Å². The number of nitrogens with one attached hydrogen (secondary N) is 2. The Morgan fingerprint density at radius 3 is 1.61 bits per heavy atom. The maximum atomic E-state index is 14.8. The molecule has 12 heteroatoms. The smallest absolute Gasteiger partial charge is 0.253 e. The molecule has 4 atom stereocenters. The van der Waals surface area contributed by atoms with Gasteiger partial charge in [0.25, 0.3) is 11.8 Å². The number of hydrogen-bond donors (Lipinski definition) is 3. The van der Waals surface area contributed by atoms with Crippen LogP contribution < -0.4 is 10.6 Å². The van der Waals surface area contributed by atoms with Crippen LogP contribution in [0.25, 0.3) is 0 Å². The third-order valence-corrected chi connectivity index (χ3v) is 14.3. The number of amides is 4. The summed E-state index contributed by atoms with van der Waals surface area (Å²) in [5.41, 5.74) is 5.59. The van der Waals surface area contributed by atoms with Gasteiger partial charge in [0.05, 0.1) is 41.4 Å². The van der Waals surface area contributed by atoms with Gasteiger partial charge in [-0.05, 0) is 141 Å². The Bertz CT molecular complexity index is 2480. The fourth-order valence-corrected chi connectivity index (χ4v) is 10.4. The second kappa shape index (κ2) is 19.2. The van der Waals surface area contributed by atoms with E-state index in [9.17, 15) is 29.5 Å². The third kappa shape index (κ3) is 9.04. The zero-order valence-corrected chi connectivity index (χ0v) is 36.6. The molecule has 0 radical (unpaired) electrons. The van der Waals surface area contributed by atoms with Crippen LogP contribution in [0.5, 0.6) is 0 Å². The molecule has 12 nitrogen and oxygen atoms in total. The van der Waals surface area contributed by atoms with Gasteiger partial charge < -0.3 is 30.3 Å². The van der Waals surface area contributed by atoms with Crippen LogP contribution in [0.3, 0.4) is 0 Å².